The Morgan fingerprint density at radius 2 is 1.92 bits per heavy atom. The first-order valence-corrected chi connectivity index (χ1v) is 9.21. The first kappa shape index (κ1) is 18.3. The number of rotatable bonds is 4. The Hall–Kier alpha value is -1.46. The molecule has 0 aromatic heterocycles. The maximum atomic E-state index is 13.1. The number of hydrogen-bond acceptors (Lipinski definition) is 4. The number of nitrogens with zero attached hydrogens (tertiary/aromatic N) is 1. The lowest BCUT2D eigenvalue weighted by atomic mass is 9.92. The van der Waals surface area contributed by atoms with E-state index in [9.17, 15) is 4.79 Å². The van der Waals surface area contributed by atoms with Crippen molar-refractivity contribution < 1.29 is 14.3 Å². The molecule has 3 aliphatic rings. The zero-order valence-electron chi connectivity index (χ0n) is 14.5. The lowest BCUT2D eigenvalue weighted by Gasteiger charge is -2.36. The van der Waals surface area contributed by atoms with Gasteiger partial charge in [0, 0.05) is 19.1 Å². The van der Waals surface area contributed by atoms with E-state index < -0.39 is 0 Å². The molecule has 1 aromatic rings. The molecule has 1 aromatic carbocycles. The summed E-state index contributed by atoms with van der Waals surface area (Å²) in [6, 6.07) is 6.43. The molecule has 1 aliphatic carbocycles. The van der Waals surface area contributed by atoms with Crippen LogP contribution in [0.1, 0.15) is 44.1 Å². The van der Waals surface area contributed by atoms with E-state index in [1.807, 2.05) is 12.1 Å². The van der Waals surface area contributed by atoms with Gasteiger partial charge in [-0.15, -0.1) is 12.4 Å². The van der Waals surface area contributed by atoms with Crippen molar-refractivity contribution in [2.75, 3.05) is 19.9 Å². The van der Waals surface area contributed by atoms with Crippen LogP contribution in [0.2, 0.25) is 0 Å². The van der Waals surface area contributed by atoms with E-state index in [1.54, 1.807) is 0 Å². The fourth-order valence-corrected chi connectivity index (χ4v) is 4.12. The number of benzene rings is 1. The van der Waals surface area contributed by atoms with Crippen LogP contribution in [0.15, 0.2) is 18.2 Å². The minimum Gasteiger partial charge on any atom is -0.454 e. The van der Waals surface area contributed by atoms with Crippen molar-refractivity contribution in [2.45, 2.75) is 51.1 Å². The van der Waals surface area contributed by atoms with Crippen molar-refractivity contribution in [1.82, 2.24) is 10.2 Å². The van der Waals surface area contributed by atoms with Gasteiger partial charge in [0.1, 0.15) is 0 Å². The quantitative estimate of drug-likeness (QED) is 0.889. The minimum atomic E-state index is 0. The van der Waals surface area contributed by atoms with Crippen LogP contribution in [0, 0.1) is 5.92 Å². The lowest BCUT2D eigenvalue weighted by molar-refractivity contribution is -0.138. The zero-order valence-corrected chi connectivity index (χ0v) is 15.4. The number of hydrogen-bond donors (Lipinski definition) is 1. The molecule has 1 atom stereocenters. The summed E-state index contributed by atoms with van der Waals surface area (Å²) in [7, 11) is 0. The highest BCUT2D eigenvalue weighted by molar-refractivity contribution is 5.85. The van der Waals surface area contributed by atoms with Crippen molar-refractivity contribution in [2.24, 2.45) is 5.92 Å². The normalized spacial score (nSPS) is 22.5. The lowest BCUT2D eigenvalue weighted by Crippen LogP contribution is -2.44. The van der Waals surface area contributed by atoms with E-state index in [-0.39, 0.29) is 25.1 Å². The predicted molar refractivity (Wildman–Crippen MR) is 98.2 cm³/mol. The number of carbonyl (C=O) groups excluding carboxylic acids is 1. The van der Waals surface area contributed by atoms with Gasteiger partial charge in [0.2, 0.25) is 12.7 Å². The molecular formula is C19H27ClN2O3. The standard InChI is InChI=1S/C19H26N2O3.ClH/c22-19(15-8-9-20-11-15)21(16-4-2-1-3-5-16)12-14-6-7-17-18(10-14)24-13-23-17;/h6-7,10,15-16,20H,1-5,8-9,11-13H2;1H. The van der Waals surface area contributed by atoms with E-state index in [4.69, 9.17) is 9.47 Å². The van der Waals surface area contributed by atoms with Gasteiger partial charge in [-0.1, -0.05) is 25.3 Å². The summed E-state index contributed by atoms with van der Waals surface area (Å²) in [6.07, 6.45) is 7.00. The predicted octanol–water partition coefficient (Wildman–Crippen LogP) is 3.11. The van der Waals surface area contributed by atoms with Gasteiger partial charge in [0.15, 0.2) is 11.5 Å². The maximum Gasteiger partial charge on any atom is 0.231 e. The van der Waals surface area contributed by atoms with Crippen LogP contribution in [0.4, 0.5) is 0 Å². The van der Waals surface area contributed by atoms with E-state index in [0.717, 1.165) is 49.4 Å². The molecule has 4 rings (SSSR count). The van der Waals surface area contributed by atoms with E-state index >= 15 is 0 Å². The first-order valence-electron chi connectivity index (χ1n) is 9.21. The van der Waals surface area contributed by atoms with Gasteiger partial charge in [0.05, 0.1) is 5.92 Å². The van der Waals surface area contributed by atoms with Gasteiger partial charge in [-0.2, -0.15) is 0 Å². The summed E-state index contributed by atoms with van der Waals surface area (Å²) in [5, 5.41) is 3.32. The van der Waals surface area contributed by atoms with Gasteiger partial charge in [0.25, 0.3) is 0 Å². The Kier molecular flexibility index (Phi) is 6.07. The molecule has 6 heteroatoms. The fraction of sp³-hybridized carbons (Fsp3) is 0.632. The van der Waals surface area contributed by atoms with Crippen LogP contribution in [0.3, 0.4) is 0 Å². The van der Waals surface area contributed by atoms with Crippen LogP contribution < -0.4 is 14.8 Å². The summed E-state index contributed by atoms with van der Waals surface area (Å²) in [6.45, 7) is 2.75. The Morgan fingerprint density at radius 3 is 2.68 bits per heavy atom. The molecule has 2 heterocycles. The molecule has 138 valence electrons. The molecule has 2 aliphatic heterocycles. The van der Waals surface area contributed by atoms with E-state index in [0.29, 0.717) is 18.5 Å². The highest BCUT2D eigenvalue weighted by Crippen LogP contribution is 2.34. The maximum absolute atomic E-state index is 13.1. The third kappa shape index (κ3) is 4.04. The third-order valence-corrected chi connectivity index (χ3v) is 5.50. The molecule has 0 spiro atoms. The summed E-state index contributed by atoms with van der Waals surface area (Å²) in [5.41, 5.74) is 1.13. The van der Waals surface area contributed by atoms with Gasteiger partial charge in [-0.25, -0.2) is 0 Å². The fourth-order valence-electron chi connectivity index (χ4n) is 4.12. The molecule has 0 bridgehead atoms. The number of nitrogens with one attached hydrogen (secondary N) is 1. The van der Waals surface area contributed by atoms with Crippen molar-refractivity contribution in [3.63, 3.8) is 0 Å². The second-order valence-electron chi connectivity index (χ2n) is 7.14. The van der Waals surface area contributed by atoms with Gasteiger partial charge in [-0.3, -0.25) is 4.79 Å². The largest absolute Gasteiger partial charge is 0.454 e. The highest BCUT2D eigenvalue weighted by Gasteiger charge is 2.32. The SMILES string of the molecule is Cl.O=C(C1CCNC1)N(Cc1ccc2c(c1)OCO2)C1CCCCC1. The van der Waals surface area contributed by atoms with Crippen LogP contribution in [-0.2, 0) is 11.3 Å². The first-order chi connectivity index (χ1) is 11.8. The molecule has 25 heavy (non-hydrogen) atoms. The highest BCUT2D eigenvalue weighted by atomic mass is 35.5. The van der Waals surface area contributed by atoms with Crippen LogP contribution in [0.25, 0.3) is 0 Å². The Morgan fingerprint density at radius 1 is 1.12 bits per heavy atom. The Bertz CT molecular complexity index is 598. The minimum absolute atomic E-state index is 0. The van der Waals surface area contributed by atoms with Crippen LogP contribution in [-0.4, -0.2) is 36.7 Å². The van der Waals surface area contributed by atoms with Gasteiger partial charge >= 0.3 is 0 Å². The van der Waals surface area contributed by atoms with Crippen molar-refractivity contribution in [3.8, 4) is 11.5 Å². The average Bonchev–Trinajstić information content (AvgIpc) is 3.31. The van der Waals surface area contributed by atoms with Crippen LogP contribution in [0.5, 0.6) is 11.5 Å². The Labute approximate surface area is 155 Å². The molecule has 2 fully saturated rings. The van der Waals surface area contributed by atoms with Gasteiger partial charge < -0.3 is 19.7 Å². The summed E-state index contributed by atoms with van der Waals surface area (Å²) in [4.78, 5) is 15.3. The molecule has 1 saturated carbocycles. The molecule has 1 unspecified atom stereocenters. The topological polar surface area (TPSA) is 50.8 Å². The number of carbonyl (C=O) groups is 1. The molecule has 1 saturated heterocycles. The number of amides is 1. The second-order valence-corrected chi connectivity index (χ2v) is 7.14. The summed E-state index contributed by atoms with van der Waals surface area (Å²) < 4.78 is 10.9. The van der Waals surface area contributed by atoms with Crippen molar-refractivity contribution in [3.05, 3.63) is 23.8 Å². The summed E-state index contributed by atoms with van der Waals surface area (Å²) >= 11 is 0. The third-order valence-electron chi connectivity index (χ3n) is 5.50. The number of fused-ring (bicyclic) bond motifs is 1. The van der Waals surface area contributed by atoms with Crippen molar-refractivity contribution in [1.29, 1.82) is 0 Å². The average molecular weight is 367 g/mol. The molecule has 1 amide bonds. The molecular weight excluding hydrogens is 340 g/mol. The van der Waals surface area contributed by atoms with Crippen molar-refractivity contribution >= 4 is 18.3 Å². The smallest absolute Gasteiger partial charge is 0.231 e. The molecule has 1 N–H and O–H groups in total. The molecule has 0 radical (unpaired) electrons. The number of ether oxygens (including phenoxy) is 2. The van der Waals surface area contributed by atoms with Gasteiger partial charge in [-0.05, 0) is 43.5 Å². The van der Waals surface area contributed by atoms with E-state index in [2.05, 4.69) is 16.3 Å². The zero-order chi connectivity index (χ0) is 16.4. The monoisotopic (exact) mass is 366 g/mol. The second kappa shape index (κ2) is 8.28. The molecule has 5 nitrogen and oxygen atoms in total. The summed E-state index contributed by atoms with van der Waals surface area (Å²) in [5.74, 6) is 2.06. The van der Waals surface area contributed by atoms with E-state index in [1.165, 1.54) is 19.3 Å². The number of halogens is 1. The Balaban J connectivity index is 0.00000182. The van der Waals surface area contributed by atoms with Crippen LogP contribution >= 0.6 is 12.4 Å².